The Balaban J connectivity index is 1.78. The summed E-state index contributed by atoms with van der Waals surface area (Å²) in [5.41, 5.74) is 0.729. The number of aromatic nitrogens is 1. The summed E-state index contributed by atoms with van der Waals surface area (Å²) in [5, 5.41) is 0.385. The zero-order valence-electron chi connectivity index (χ0n) is 12.2. The van der Waals surface area contributed by atoms with Crippen LogP contribution in [0.25, 0.3) is 0 Å². The van der Waals surface area contributed by atoms with Crippen LogP contribution >= 0.6 is 11.6 Å². The van der Waals surface area contributed by atoms with Gasteiger partial charge in [-0.05, 0) is 19.2 Å². The number of likely N-dealkylation sites (N-methyl/N-ethyl adjacent to an activating group) is 1. The summed E-state index contributed by atoms with van der Waals surface area (Å²) in [6, 6.07) is 3.55. The number of fused-ring (bicyclic) bond motifs is 3. The first-order valence-electron chi connectivity index (χ1n) is 7.20. The summed E-state index contributed by atoms with van der Waals surface area (Å²) >= 11 is 5.98. The van der Waals surface area contributed by atoms with Crippen molar-refractivity contribution in [2.45, 2.75) is 0 Å². The van der Waals surface area contributed by atoms with Crippen LogP contribution in [-0.4, -0.2) is 72.1 Å². The molecule has 4 rings (SSSR count). The van der Waals surface area contributed by atoms with Crippen molar-refractivity contribution in [1.29, 1.82) is 0 Å². The molecular formula is C14H15ClN6O. The lowest BCUT2D eigenvalue weighted by Crippen LogP contribution is -2.52. The first kappa shape index (κ1) is 13.7. The molecule has 0 unspecified atom stereocenters. The normalized spacial score (nSPS) is 21.5. The van der Waals surface area contributed by atoms with Crippen LogP contribution in [-0.2, 0) is 4.79 Å². The van der Waals surface area contributed by atoms with Gasteiger partial charge in [0.15, 0.2) is 17.5 Å². The Kier molecular flexibility index (Phi) is 3.12. The van der Waals surface area contributed by atoms with Gasteiger partial charge in [-0.15, -0.1) is 0 Å². The van der Waals surface area contributed by atoms with Crippen LogP contribution in [0.1, 0.15) is 0 Å². The van der Waals surface area contributed by atoms with E-state index < -0.39 is 0 Å². The molecule has 4 heterocycles. The van der Waals surface area contributed by atoms with E-state index in [1.165, 1.54) is 0 Å². The number of pyridine rings is 1. The van der Waals surface area contributed by atoms with E-state index in [1.807, 2.05) is 11.0 Å². The number of halogens is 1. The Labute approximate surface area is 132 Å². The van der Waals surface area contributed by atoms with Crippen molar-refractivity contribution in [2.24, 2.45) is 9.98 Å². The van der Waals surface area contributed by atoms with Crippen LogP contribution < -0.4 is 4.90 Å². The van der Waals surface area contributed by atoms with Gasteiger partial charge in [-0.25, -0.2) is 9.98 Å². The molecule has 7 nitrogen and oxygen atoms in total. The third-order valence-corrected chi connectivity index (χ3v) is 4.30. The van der Waals surface area contributed by atoms with Gasteiger partial charge in [0.05, 0.1) is 0 Å². The Morgan fingerprint density at radius 1 is 1.09 bits per heavy atom. The second kappa shape index (κ2) is 5.03. The van der Waals surface area contributed by atoms with Gasteiger partial charge in [0.25, 0.3) is 5.91 Å². The average Bonchev–Trinajstić information content (AvgIpc) is 2.89. The lowest BCUT2D eigenvalue weighted by atomic mass is 10.2. The molecule has 0 spiro atoms. The molecule has 1 amide bonds. The monoisotopic (exact) mass is 318 g/mol. The van der Waals surface area contributed by atoms with Crippen molar-refractivity contribution in [2.75, 3.05) is 44.7 Å². The van der Waals surface area contributed by atoms with E-state index in [0.29, 0.717) is 16.8 Å². The topological polar surface area (TPSA) is 64.4 Å². The second-order valence-electron chi connectivity index (χ2n) is 5.62. The van der Waals surface area contributed by atoms with Crippen molar-refractivity contribution in [3.8, 4) is 0 Å². The number of hydrogen-bond acceptors (Lipinski definition) is 6. The van der Waals surface area contributed by atoms with E-state index >= 15 is 0 Å². The van der Waals surface area contributed by atoms with Crippen LogP contribution in [0.4, 0.5) is 11.5 Å². The highest BCUT2D eigenvalue weighted by Crippen LogP contribution is 2.34. The number of anilines is 1. The van der Waals surface area contributed by atoms with Crippen molar-refractivity contribution in [1.82, 2.24) is 14.8 Å². The Bertz CT molecular complexity index is 707. The van der Waals surface area contributed by atoms with Gasteiger partial charge in [-0.3, -0.25) is 9.69 Å². The molecule has 0 radical (unpaired) electrons. The highest BCUT2D eigenvalue weighted by atomic mass is 35.5. The zero-order chi connectivity index (χ0) is 15.3. The van der Waals surface area contributed by atoms with E-state index in [2.05, 4.69) is 26.8 Å². The fourth-order valence-electron chi connectivity index (χ4n) is 2.87. The van der Waals surface area contributed by atoms with E-state index in [4.69, 9.17) is 16.6 Å². The zero-order valence-corrected chi connectivity index (χ0v) is 12.9. The number of amidine groups is 2. The minimum Gasteiger partial charge on any atom is -0.351 e. The second-order valence-corrected chi connectivity index (χ2v) is 6.00. The number of carbonyl (C=O) groups excluding carboxylic acids is 1. The largest absolute Gasteiger partial charge is 0.351 e. The summed E-state index contributed by atoms with van der Waals surface area (Å²) in [5.74, 6) is 1.79. The fraction of sp³-hybridized carbons (Fsp3) is 0.429. The smallest absolute Gasteiger partial charge is 0.267 e. The highest BCUT2D eigenvalue weighted by Gasteiger charge is 2.37. The number of nitrogens with zero attached hydrogens (tertiary/aromatic N) is 6. The first-order chi connectivity index (χ1) is 10.6. The molecule has 3 aliphatic heterocycles. The molecule has 0 N–H and O–H groups in total. The SMILES string of the molecule is CN1CCN(C2=Nc3ccc(Cl)nc3N3CC(=O)N=C23)CC1. The first-order valence-corrected chi connectivity index (χ1v) is 7.58. The molecule has 8 heteroatoms. The molecule has 1 aromatic heterocycles. The van der Waals surface area contributed by atoms with Crippen LogP contribution in [0.15, 0.2) is 22.1 Å². The van der Waals surface area contributed by atoms with Crippen LogP contribution in [0.5, 0.6) is 0 Å². The number of carbonyl (C=O) groups is 1. The molecule has 1 aromatic rings. The van der Waals surface area contributed by atoms with Crippen LogP contribution in [0.3, 0.4) is 0 Å². The molecule has 0 saturated carbocycles. The van der Waals surface area contributed by atoms with Gasteiger partial charge >= 0.3 is 0 Å². The van der Waals surface area contributed by atoms with Gasteiger partial charge in [-0.1, -0.05) is 11.6 Å². The summed E-state index contributed by atoms with van der Waals surface area (Å²) in [4.78, 5) is 31.2. The van der Waals surface area contributed by atoms with E-state index in [-0.39, 0.29) is 12.5 Å². The number of rotatable bonds is 0. The minimum atomic E-state index is -0.175. The van der Waals surface area contributed by atoms with E-state index in [0.717, 1.165) is 37.7 Å². The molecule has 0 aromatic carbocycles. The van der Waals surface area contributed by atoms with Crippen molar-refractivity contribution in [3.63, 3.8) is 0 Å². The Morgan fingerprint density at radius 3 is 2.64 bits per heavy atom. The van der Waals surface area contributed by atoms with Gasteiger partial charge < -0.3 is 9.80 Å². The van der Waals surface area contributed by atoms with Crippen LogP contribution in [0.2, 0.25) is 5.15 Å². The molecule has 0 bridgehead atoms. The fourth-order valence-corrected chi connectivity index (χ4v) is 3.01. The number of piperazine rings is 1. The molecular weight excluding hydrogens is 304 g/mol. The summed E-state index contributed by atoms with van der Waals surface area (Å²) < 4.78 is 0. The molecule has 114 valence electrons. The third-order valence-electron chi connectivity index (χ3n) is 4.09. The number of hydrogen-bond donors (Lipinski definition) is 0. The maximum Gasteiger partial charge on any atom is 0.267 e. The maximum absolute atomic E-state index is 11.8. The lowest BCUT2D eigenvalue weighted by Gasteiger charge is -2.37. The van der Waals surface area contributed by atoms with Crippen LogP contribution in [0, 0.1) is 0 Å². The lowest BCUT2D eigenvalue weighted by molar-refractivity contribution is -0.115. The highest BCUT2D eigenvalue weighted by molar-refractivity contribution is 6.50. The molecule has 0 atom stereocenters. The minimum absolute atomic E-state index is 0.175. The Hall–Kier alpha value is -1.99. The predicted molar refractivity (Wildman–Crippen MR) is 85.2 cm³/mol. The van der Waals surface area contributed by atoms with Gasteiger partial charge in [0.2, 0.25) is 0 Å². The molecule has 3 aliphatic rings. The van der Waals surface area contributed by atoms with Crippen molar-refractivity contribution >= 4 is 40.7 Å². The predicted octanol–water partition coefficient (Wildman–Crippen LogP) is 0.771. The van der Waals surface area contributed by atoms with Gasteiger partial charge in [-0.2, -0.15) is 4.99 Å². The van der Waals surface area contributed by atoms with E-state index in [9.17, 15) is 4.79 Å². The van der Waals surface area contributed by atoms with Gasteiger partial charge in [0.1, 0.15) is 17.4 Å². The molecule has 1 fully saturated rings. The third kappa shape index (κ3) is 2.17. The Morgan fingerprint density at radius 2 is 1.86 bits per heavy atom. The molecule has 22 heavy (non-hydrogen) atoms. The molecule has 0 aliphatic carbocycles. The van der Waals surface area contributed by atoms with Crippen molar-refractivity contribution < 1.29 is 4.79 Å². The quantitative estimate of drug-likeness (QED) is 0.661. The van der Waals surface area contributed by atoms with E-state index in [1.54, 1.807) is 6.07 Å². The number of amides is 1. The summed E-state index contributed by atoms with van der Waals surface area (Å²) in [6.45, 7) is 3.86. The summed E-state index contributed by atoms with van der Waals surface area (Å²) in [7, 11) is 2.10. The molecule has 1 saturated heterocycles. The van der Waals surface area contributed by atoms with Gasteiger partial charge in [0, 0.05) is 26.2 Å². The standard InChI is InChI=1S/C14H15ClN6O/c1-19-4-6-20(7-5-19)13-14-18-11(22)8-21(14)12-9(16-13)2-3-10(15)17-12/h2-3H,4-8H2,1H3. The average molecular weight is 319 g/mol. The van der Waals surface area contributed by atoms with Crippen molar-refractivity contribution in [3.05, 3.63) is 17.3 Å². The maximum atomic E-state index is 11.8. The number of aliphatic imine (C=N–C) groups is 2. The summed E-state index contributed by atoms with van der Waals surface area (Å²) in [6.07, 6.45) is 0.